The average molecular weight is 420 g/mol. The van der Waals surface area contributed by atoms with E-state index in [2.05, 4.69) is 69.9 Å². The van der Waals surface area contributed by atoms with Crippen LogP contribution in [-0.2, 0) is 17.8 Å². The maximum absolute atomic E-state index is 12.8. The van der Waals surface area contributed by atoms with Crippen LogP contribution >= 0.6 is 0 Å². The zero-order chi connectivity index (χ0) is 21.6. The molecule has 0 bridgehead atoms. The van der Waals surface area contributed by atoms with E-state index in [-0.39, 0.29) is 18.5 Å². The van der Waals surface area contributed by atoms with Gasteiger partial charge in [0.25, 0.3) is 0 Å². The van der Waals surface area contributed by atoms with Gasteiger partial charge in [-0.15, -0.1) is 0 Å². The van der Waals surface area contributed by atoms with Gasteiger partial charge in [-0.25, -0.2) is 0 Å². The van der Waals surface area contributed by atoms with Crippen molar-refractivity contribution < 1.29 is 4.79 Å². The van der Waals surface area contributed by atoms with Crippen LogP contribution in [0.15, 0.2) is 53.5 Å². The van der Waals surface area contributed by atoms with Crippen molar-refractivity contribution in [2.75, 3.05) is 38.1 Å². The van der Waals surface area contributed by atoms with E-state index in [1.165, 1.54) is 35.2 Å². The summed E-state index contributed by atoms with van der Waals surface area (Å²) >= 11 is 0. The van der Waals surface area contributed by atoms with Crippen LogP contribution in [0.25, 0.3) is 0 Å². The lowest BCUT2D eigenvalue weighted by molar-refractivity contribution is -0.130. The molecule has 1 unspecified atom stereocenters. The topological polar surface area (TPSA) is 60.0 Å². The number of rotatable bonds is 5. The summed E-state index contributed by atoms with van der Waals surface area (Å²) in [6.07, 6.45) is 3.45. The van der Waals surface area contributed by atoms with Gasteiger partial charge in [-0.1, -0.05) is 36.4 Å². The van der Waals surface area contributed by atoms with Crippen molar-refractivity contribution in [1.82, 2.24) is 15.5 Å². The van der Waals surface area contributed by atoms with Crippen LogP contribution in [-0.4, -0.2) is 50.0 Å². The predicted octanol–water partition coefficient (Wildman–Crippen LogP) is 3.10. The van der Waals surface area contributed by atoms with Gasteiger partial charge in [-0.05, 0) is 55.0 Å². The third-order valence-electron chi connectivity index (χ3n) is 6.31. The largest absolute Gasteiger partial charge is 0.372 e. The van der Waals surface area contributed by atoms with Gasteiger partial charge >= 0.3 is 0 Å². The Morgan fingerprint density at radius 1 is 1.06 bits per heavy atom. The van der Waals surface area contributed by atoms with E-state index in [1.807, 2.05) is 11.0 Å². The maximum Gasteiger partial charge on any atom is 0.242 e. The van der Waals surface area contributed by atoms with E-state index in [1.54, 1.807) is 7.05 Å². The van der Waals surface area contributed by atoms with Crippen molar-refractivity contribution in [3.8, 4) is 0 Å². The molecular weight excluding hydrogens is 386 g/mol. The molecule has 31 heavy (non-hydrogen) atoms. The molecule has 2 aliphatic heterocycles. The number of hydrogen-bond acceptors (Lipinski definition) is 3. The maximum atomic E-state index is 12.8. The number of fused-ring (bicyclic) bond motifs is 1. The summed E-state index contributed by atoms with van der Waals surface area (Å²) < 4.78 is 0. The highest BCUT2D eigenvalue weighted by atomic mass is 16.2. The first-order valence-electron chi connectivity index (χ1n) is 11.3. The number of guanidine groups is 1. The van der Waals surface area contributed by atoms with Crippen molar-refractivity contribution in [2.45, 2.75) is 38.8 Å². The zero-order valence-electron chi connectivity index (χ0n) is 18.6. The Labute approximate surface area is 185 Å². The van der Waals surface area contributed by atoms with Crippen LogP contribution in [0.3, 0.4) is 0 Å². The molecule has 1 atom stereocenters. The SMILES string of the molecule is CN=C(NCC(=O)N1CCc2ccccc2C1)NC(C)c1cccc(N2CCCC2)c1. The number of nitrogens with one attached hydrogen (secondary N) is 2. The monoisotopic (exact) mass is 419 g/mol. The standard InChI is InChI=1S/C25H33N5O/c1-19(21-10-7-11-23(16-21)29-13-5-6-14-29)28-25(26-2)27-17-24(31)30-15-12-20-8-3-4-9-22(20)18-30/h3-4,7-11,16,19H,5-6,12-15,17-18H2,1-2H3,(H2,26,27,28). The molecule has 1 amide bonds. The number of anilines is 1. The molecule has 1 fully saturated rings. The van der Waals surface area contributed by atoms with Gasteiger partial charge in [0.1, 0.15) is 0 Å². The zero-order valence-corrected chi connectivity index (χ0v) is 18.6. The third kappa shape index (κ3) is 5.19. The molecule has 2 N–H and O–H groups in total. The average Bonchev–Trinajstić information content (AvgIpc) is 3.36. The molecule has 2 aromatic rings. The Bertz CT molecular complexity index is 935. The fourth-order valence-electron chi connectivity index (χ4n) is 4.43. The molecule has 6 nitrogen and oxygen atoms in total. The van der Waals surface area contributed by atoms with Crippen LogP contribution in [0.4, 0.5) is 5.69 Å². The normalized spacial score (nSPS) is 17.3. The van der Waals surface area contributed by atoms with E-state index in [0.717, 1.165) is 26.1 Å². The Hall–Kier alpha value is -3.02. The molecule has 2 heterocycles. The van der Waals surface area contributed by atoms with Gasteiger partial charge in [0.05, 0.1) is 12.6 Å². The van der Waals surface area contributed by atoms with Gasteiger partial charge in [0, 0.05) is 38.9 Å². The molecule has 6 heteroatoms. The summed E-state index contributed by atoms with van der Waals surface area (Å²) in [7, 11) is 1.74. The first kappa shape index (κ1) is 21.2. The molecule has 2 aliphatic rings. The van der Waals surface area contributed by atoms with Gasteiger partial charge in [-0.2, -0.15) is 0 Å². The van der Waals surface area contributed by atoms with Crippen LogP contribution in [0, 0.1) is 0 Å². The second-order valence-electron chi connectivity index (χ2n) is 8.41. The summed E-state index contributed by atoms with van der Waals surface area (Å²) in [5, 5.41) is 6.62. The van der Waals surface area contributed by atoms with Crippen LogP contribution in [0.2, 0.25) is 0 Å². The summed E-state index contributed by atoms with van der Waals surface area (Å²) in [5.74, 6) is 0.742. The highest BCUT2D eigenvalue weighted by molar-refractivity contribution is 5.86. The molecule has 0 radical (unpaired) electrons. The summed E-state index contributed by atoms with van der Waals surface area (Å²) in [4.78, 5) is 21.4. The molecule has 4 rings (SSSR count). The van der Waals surface area contributed by atoms with Gasteiger partial charge in [0.2, 0.25) is 5.91 Å². The number of nitrogens with zero attached hydrogens (tertiary/aromatic N) is 3. The first-order chi connectivity index (χ1) is 15.1. The van der Waals surface area contributed by atoms with E-state index >= 15 is 0 Å². The van der Waals surface area contributed by atoms with Crippen molar-refractivity contribution >= 4 is 17.6 Å². The molecule has 0 aliphatic carbocycles. The van der Waals surface area contributed by atoms with E-state index in [4.69, 9.17) is 0 Å². The minimum Gasteiger partial charge on any atom is -0.372 e. The minimum absolute atomic E-state index is 0.0886. The van der Waals surface area contributed by atoms with Crippen molar-refractivity contribution in [3.05, 3.63) is 65.2 Å². The summed E-state index contributed by atoms with van der Waals surface area (Å²) in [5.41, 5.74) is 5.09. The smallest absolute Gasteiger partial charge is 0.242 e. The number of carbonyl (C=O) groups is 1. The van der Waals surface area contributed by atoms with E-state index in [9.17, 15) is 4.79 Å². The highest BCUT2D eigenvalue weighted by Crippen LogP contribution is 2.24. The minimum atomic E-state index is 0.0886. The third-order valence-corrected chi connectivity index (χ3v) is 6.31. The van der Waals surface area contributed by atoms with Crippen LogP contribution in [0.5, 0.6) is 0 Å². The van der Waals surface area contributed by atoms with Crippen molar-refractivity contribution in [1.29, 1.82) is 0 Å². The Kier molecular flexibility index (Phi) is 6.75. The van der Waals surface area contributed by atoms with Crippen molar-refractivity contribution in [3.63, 3.8) is 0 Å². The summed E-state index contributed by atoms with van der Waals surface area (Å²) in [6.45, 7) is 6.09. The molecule has 0 spiro atoms. The van der Waals surface area contributed by atoms with Gasteiger partial charge in [-0.3, -0.25) is 9.79 Å². The molecule has 164 valence electrons. The molecule has 1 saturated heterocycles. The number of hydrogen-bond donors (Lipinski definition) is 2. The number of carbonyl (C=O) groups excluding carboxylic acids is 1. The second-order valence-corrected chi connectivity index (χ2v) is 8.41. The van der Waals surface area contributed by atoms with E-state index < -0.39 is 0 Å². The van der Waals surface area contributed by atoms with E-state index in [0.29, 0.717) is 12.5 Å². The fourth-order valence-corrected chi connectivity index (χ4v) is 4.43. The Morgan fingerprint density at radius 3 is 2.61 bits per heavy atom. The molecule has 2 aromatic carbocycles. The van der Waals surface area contributed by atoms with Crippen molar-refractivity contribution in [2.24, 2.45) is 4.99 Å². The molecule has 0 saturated carbocycles. The quantitative estimate of drug-likeness (QED) is 0.578. The fraction of sp³-hybridized carbons (Fsp3) is 0.440. The number of benzene rings is 2. The van der Waals surface area contributed by atoms with Crippen LogP contribution < -0.4 is 15.5 Å². The van der Waals surface area contributed by atoms with Gasteiger partial charge < -0.3 is 20.4 Å². The molecule has 0 aromatic heterocycles. The Balaban J connectivity index is 1.30. The first-order valence-corrected chi connectivity index (χ1v) is 11.3. The summed E-state index contributed by atoms with van der Waals surface area (Å²) in [6, 6.07) is 17.2. The number of amides is 1. The molecular formula is C25H33N5O. The lowest BCUT2D eigenvalue weighted by atomic mass is 10.00. The number of aliphatic imine (C=N–C) groups is 1. The second kappa shape index (κ2) is 9.86. The lowest BCUT2D eigenvalue weighted by Gasteiger charge is -2.29. The Morgan fingerprint density at radius 2 is 1.84 bits per heavy atom. The lowest BCUT2D eigenvalue weighted by Crippen LogP contribution is -2.46. The predicted molar refractivity (Wildman–Crippen MR) is 126 cm³/mol. The highest BCUT2D eigenvalue weighted by Gasteiger charge is 2.20. The van der Waals surface area contributed by atoms with Gasteiger partial charge in [0.15, 0.2) is 5.96 Å². The van der Waals surface area contributed by atoms with Crippen LogP contribution in [0.1, 0.15) is 42.5 Å².